The first kappa shape index (κ1) is 11.4. The van der Waals surface area contributed by atoms with Crippen molar-refractivity contribution in [2.75, 3.05) is 20.8 Å². The largest absolute Gasteiger partial charge is 0.496 e. The molecule has 1 heterocycles. The summed E-state index contributed by atoms with van der Waals surface area (Å²) in [7, 11) is 3.41. The zero-order chi connectivity index (χ0) is 11.4. The number of benzene rings is 1. The van der Waals surface area contributed by atoms with Gasteiger partial charge in [-0.25, -0.2) is 0 Å². The Labute approximate surface area is 96.8 Å². The molecule has 1 aliphatic heterocycles. The van der Waals surface area contributed by atoms with Crippen LogP contribution in [-0.4, -0.2) is 20.8 Å². The summed E-state index contributed by atoms with van der Waals surface area (Å²) in [5, 5.41) is 3.49. The smallest absolute Gasteiger partial charge is 0.124 e. The second-order valence-corrected chi connectivity index (χ2v) is 4.15. The van der Waals surface area contributed by atoms with Crippen LogP contribution in [-0.2, 0) is 11.3 Å². The standard InChI is InChI=1S/C13H19NO2/c1-15-9-11-6-5-10(8-13(11)16-2)12-4-3-7-14-12/h5-6,8,12,14H,3-4,7,9H2,1-2H3. The average molecular weight is 221 g/mol. The first-order valence-corrected chi connectivity index (χ1v) is 5.74. The molecule has 0 aliphatic carbocycles. The Bertz CT molecular complexity index is 346. The van der Waals surface area contributed by atoms with Gasteiger partial charge in [-0.3, -0.25) is 0 Å². The summed E-state index contributed by atoms with van der Waals surface area (Å²) < 4.78 is 10.5. The van der Waals surface area contributed by atoms with Crippen LogP contribution in [0.2, 0.25) is 0 Å². The van der Waals surface area contributed by atoms with E-state index in [-0.39, 0.29) is 0 Å². The highest BCUT2D eigenvalue weighted by atomic mass is 16.5. The molecule has 0 aromatic heterocycles. The molecule has 1 unspecified atom stereocenters. The van der Waals surface area contributed by atoms with Crippen molar-refractivity contribution in [2.45, 2.75) is 25.5 Å². The van der Waals surface area contributed by atoms with E-state index in [2.05, 4.69) is 23.5 Å². The fraction of sp³-hybridized carbons (Fsp3) is 0.538. The van der Waals surface area contributed by atoms with Crippen LogP contribution in [0, 0.1) is 0 Å². The highest BCUT2D eigenvalue weighted by Gasteiger charge is 2.17. The molecule has 1 aromatic rings. The molecule has 0 radical (unpaired) electrons. The van der Waals surface area contributed by atoms with Crippen molar-refractivity contribution < 1.29 is 9.47 Å². The fourth-order valence-electron chi connectivity index (χ4n) is 2.22. The number of rotatable bonds is 4. The van der Waals surface area contributed by atoms with Gasteiger partial charge < -0.3 is 14.8 Å². The molecule has 0 bridgehead atoms. The third-order valence-corrected chi connectivity index (χ3v) is 3.07. The molecule has 1 atom stereocenters. The maximum absolute atomic E-state index is 5.39. The average Bonchev–Trinajstić information content (AvgIpc) is 2.83. The normalized spacial score (nSPS) is 20.0. The molecule has 2 rings (SSSR count). The summed E-state index contributed by atoms with van der Waals surface area (Å²) in [6, 6.07) is 6.87. The van der Waals surface area contributed by atoms with Gasteiger partial charge in [-0.1, -0.05) is 12.1 Å². The minimum absolute atomic E-state index is 0.491. The lowest BCUT2D eigenvalue weighted by Gasteiger charge is -2.14. The molecule has 88 valence electrons. The summed E-state index contributed by atoms with van der Waals surface area (Å²) in [5.41, 5.74) is 2.42. The van der Waals surface area contributed by atoms with Gasteiger partial charge in [0, 0.05) is 18.7 Å². The predicted octanol–water partition coefficient (Wildman–Crippen LogP) is 2.27. The van der Waals surface area contributed by atoms with E-state index in [1.54, 1.807) is 14.2 Å². The maximum Gasteiger partial charge on any atom is 0.124 e. The molecule has 3 heteroatoms. The Morgan fingerprint density at radius 3 is 2.88 bits per heavy atom. The zero-order valence-corrected chi connectivity index (χ0v) is 9.95. The lowest BCUT2D eigenvalue weighted by Crippen LogP contribution is -2.13. The van der Waals surface area contributed by atoms with Crippen molar-refractivity contribution in [1.29, 1.82) is 0 Å². The number of hydrogen-bond acceptors (Lipinski definition) is 3. The SMILES string of the molecule is COCc1ccc(C2CCCN2)cc1OC. The zero-order valence-electron chi connectivity index (χ0n) is 9.95. The highest BCUT2D eigenvalue weighted by molar-refractivity contribution is 5.38. The second-order valence-electron chi connectivity index (χ2n) is 4.15. The van der Waals surface area contributed by atoms with Gasteiger partial charge in [0.1, 0.15) is 5.75 Å². The van der Waals surface area contributed by atoms with Crippen LogP contribution in [0.3, 0.4) is 0 Å². The topological polar surface area (TPSA) is 30.5 Å². The van der Waals surface area contributed by atoms with E-state index >= 15 is 0 Å². The minimum atomic E-state index is 0.491. The van der Waals surface area contributed by atoms with E-state index < -0.39 is 0 Å². The highest BCUT2D eigenvalue weighted by Crippen LogP contribution is 2.28. The van der Waals surface area contributed by atoms with Crippen LogP contribution >= 0.6 is 0 Å². The molecule has 16 heavy (non-hydrogen) atoms. The Balaban J connectivity index is 2.21. The first-order chi connectivity index (χ1) is 7.85. The van der Waals surface area contributed by atoms with Crippen molar-refractivity contribution in [3.8, 4) is 5.75 Å². The van der Waals surface area contributed by atoms with E-state index in [1.807, 2.05) is 0 Å². The van der Waals surface area contributed by atoms with Crippen molar-refractivity contribution in [3.05, 3.63) is 29.3 Å². The third kappa shape index (κ3) is 2.36. The lowest BCUT2D eigenvalue weighted by molar-refractivity contribution is 0.181. The molecular formula is C13H19NO2. The predicted molar refractivity (Wildman–Crippen MR) is 63.7 cm³/mol. The van der Waals surface area contributed by atoms with Gasteiger partial charge >= 0.3 is 0 Å². The fourth-order valence-corrected chi connectivity index (χ4v) is 2.22. The number of ether oxygens (including phenoxy) is 2. The molecule has 3 nitrogen and oxygen atoms in total. The lowest BCUT2D eigenvalue weighted by atomic mass is 10.0. The Morgan fingerprint density at radius 2 is 2.25 bits per heavy atom. The first-order valence-electron chi connectivity index (χ1n) is 5.74. The van der Waals surface area contributed by atoms with E-state index in [0.717, 1.165) is 17.9 Å². The van der Waals surface area contributed by atoms with Crippen LogP contribution in [0.1, 0.15) is 30.0 Å². The second kappa shape index (κ2) is 5.32. The van der Waals surface area contributed by atoms with Gasteiger partial charge in [-0.15, -0.1) is 0 Å². The van der Waals surface area contributed by atoms with Crippen LogP contribution in [0.4, 0.5) is 0 Å². The molecule has 1 fully saturated rings. The van der Waals surface area contributed by atoms with Gasteiger partial charge in [-0.2, -0.15) is 0 Å². The summed E-state index contributed by atoms with van der Waals surface area (Å²) in [6.45, 7) is 1.72. The van der Waals surface area contributed by atoms with Gasteiger partial charge in [0.05, 0.1) is 13.7 Å². The number of hydrogen-bond donors (Lipinski definition) is 1. The summed E-state index contributed by atoms with van der Waals surface area (Å²) in [4.78, 5) is 0. The van der Waals surface area contributed by atoms with E-state index in [1.165, 1.54) is 18.4 Å². The molecule has 0 saturated carbocycles. The monoisotopic (exact) mass is 221 g/mol. The number of nitrogens with one attached hydrogen (secondary N) is 1. The van der Waals surface area contributed by atoms with Crippen molar-refractivity contribution in [1.82, 2.24) is 5.32 Å². The maximum atomic E-state index is 5.39. The van der Waals surface area contributed by atoms with Crippen LogP contribution in [0.5, 0.6) is 5.75 Å². The quantitative estimate of drug-likeness (QED) is 0.846. The van der Waals surface area contributed by atoms with E-state index in [0.29, 0.717) is 12.6 Å². The van der Waals surface area contributed by atoms with Crippen LogP contribution in [0.15, 0.2) is 18.2 Å². The van der Waals surface area contributed by atoms with E-state index in [9.17, 15) is 0 Å². The van der Waals surface area contributed by atoms with E-state index in [4.69, 9.17) is 9.47 Å². The molecule has 0 amide bonds. The Kier molecular flexibility index (Phi) is 3.80. The van der Waals surface area contributed by atoms with Crippen LogP contribution in [0.25, 0.3) is 0 Å². The molecule has 1 aliphatic rings. The molecule has 1 N–H and O–H groups in total. The van der Waals surface area contributed by atoms with Crippen LogP contribution < -0.4 is 10.1 Å². The van der Waals surface area contributed by atoms with Gasteiger partial charge in [0.15, 0.2) is 0 Å². The van der Waals surface area contributed by atoms with Crippen molar-refractivity contribution >= 4 is 0 Å². The summed E-state index contributed by atoms with van der Waals surface area (Å²) in [6.07, 6.45) is 2.47. The van der Waals surface area contributed by atoms with Crippen molar-refractivity contribution in [2.24, 2.45) is 0 Å². The Morgan fingerprint density at radius 1 is 1.38 bits per heavy atom. The van der Waals surface area contributed by atoms with Crippen molar-refractivity contribution in [3.63, 3.8) is 0 Å². The summed E-state index contributed by atoms with van der Waals surface area (Å²) >= 11 is 0. The molecule has 1 aromatic carbocycles. The van der Waals surface area contributed by atoms with Gasteiger partial charge in [0.2, 0.25) is 0 Å². The molecule has 1 saturated heterocycles. The van der Waals surface area contributed by atoms with Gasteiger partial charge in [0.25, 0.3) is 0 Å². The third-order valence-electron chi connectivity index (χ3n) is 3.07. The van der Waals surface area contributed by atoms with Gasteiger partial charge in [-0.05, 0) is 31.0 Å². The molecular weight excluding hydrogens is 202 g/mol. The Hall–Kier alpha value is -1.06. The summed E-state index contributed by atoms with van der Waals surface area (Å²) in [5.74, 6) is 0.924. The molecule has 0 spiro atoms. The minimum Gasteiger partial charge on any atom is -0.496 e. The number of methoxy groups -OCH3 is 2.